The molecule has 0 aliphatic rings. The molecule has 0 fully saturated rings. The van der Waals surface area contributed by atoms with Crippen molar-refractivity contribution in [3.05, 3.63) is 35.9 Å². The molecule has 0 amide bonds. The minimum absolute atomic E-state index is 0.613. The van der Waals surface area contributed by atoms with Gasteiger partial charge < -0.3 is 4.74 Å². The fourth-order valence-corrected chi connectivity index (χ4v) is 1.39. The van der Waals surface area contributed by atoms with Gasteiger partial charge in [0.1, 0.15) is 0 Å². The van der Waals surface area contributed by atoms with Crippen LogP contribution in [0.2, 0.25) is 0 Å². The Morgan fingerprint density at radius 2 is 1.93 bits per heavy atom. The van der Waals surface area contributed by atoms with Gasteiger partial charge in [-0.2, -0.15) is 0 Å². The van der Waals surface area contributed by atoms with Crippen molar-refractivity contribution in [2.45, 2.75) is 26.2 Å². The average Bonchev–Trinajstić information content (AvgIpc) is 2.25. The summed E-state index contributed by atoms with van der Waals surface area (Å²) in [4.78, 5) is 0. The van der Waals surface area contributed by atoms with Crippen molar-refractivity contribution in [3.63, 3.8) is 0 Å². The number of unbranched alkanes of at least 4 members (excludes halogenated alkanes) is 2. The standard InChI is InChI=1S/C12H16OS/c1-2-3-7-10-13-12(14)11-8-5-4-6-9-11/h4-6,8-9H,2-3,7,10H2,1H3. The van der Waals surface area contributed by atoms with Crippen LogP contribution in [0.3, 0.4) is 0 Å². The number of ether oxygens (including phenoxy) is 1. The zero-order valence-electron chi connectivity index (χ0n) is 8.53. The summed E-state index contributed by atoms with van der Waals surface area (Å²) in [6, 6.07) is 9.86. The van der Waals surface area contributed by atoms with Crippen LogP contribution in [0.5, 0.6) is 0 Å². The number of thiocarbonyl (C=S) groups is 1. The van der Waals surface area contributed by atoms with E-state index in [1.165, 1.54) is 12.8 Å². The first-order chi connectivity index (χ1) is 6.84. The van der Waals surface area contributed by atoms with E-state index in [0.717, 1.165) is 18.6 Å². The van der Waals surface area contributed by atoms with Gasteiger partial charge in [0.2, 0.25) is 0 Å². The Kier molecular flexibility index (Phi) is 5.23. The topological polar surface area (TPSA) is 9.23 Å². The first-order valence-electron chi connectivity index (χ1n) is 5.06. The van der Waals surface area contributed by atoms with Crippen LogP contribution in [0.1, 0.15) is 31.7 Å². The summed E-state index contributed by atoms with van der Waals surface area (Å²) in [7, 11) is 0. The minimum Gasteiger partial charge on any atom is -0.483 e. The molecule has 0 unspecified atom stereocenters. The smallest absolute Gasteiger partial charge is 0.191 e. The van der Waals surface area contributed by atoms with Gasteiger partial charge in [-0.25, -0.2) is 0 Å². The predicted octanol–water partition coefficient (Wildman–Crippen LogP) is 3.57. The summed E-state index contributed by atoms with van der Waals surface area (Å²) < 4.78 is 5.46. The van der Waals surface area contributed by atoms with E-state index in [0.29, 0.717) is 5.05 Å². The number of benzene rings is 1. The molecule has 76 valence electrons. The minimum atomic E-state index is 0.613. The SMILES string of the molecule is CCCCCOC(=S)c1ccccc1. The summed E-state index contributed by atoms with van der Waals surface area (Å²) in [5.74, 6) is 0. The third-order valence-electron chi connectivity index (χ3n) is 1.99. The van der Waals surface area contributed by atoms with Gasteiger partial charge >= 0.3 is 0 Å². The van der Waals surface area contributed by atoms with Gasteiger partial charge in [-0.3, -0.25) is 0 Å². The van der Waals surface area contributed by atoms with Gasteiger partial charge in [-0.05, 0) is 18.6 Å². The van der Waals surface area contributed by atoms with E-state index in [4.69, 9.17) is 17.0 Å². The molecule has 0 bridgehead atoms. The van der Waals surface area contributed by atoms with Crippen LogP contribution >= 0.6 is 12.2 Å². The van der Waals surface area contributed by atoms with Gasteiger partial charge in [-0.1, -0.05) is 50.1 Å². The van der Waals surface area contributed by atoms with Crippen LogP contribution in [0.25, 0.3) is 0 Å². The highest BCUT2D eigenvalue weighted by atomic mass is 32.1. The highest BCUT2D eigenvalue weighted by Crippen LogP contribution is 2.04. The molecule has 0 aliphatic heterocycles. The number of hydrogen-bond donors (Lipinski definition) is 0. The molecule has 0 N–H and O–H groups in total. The Morgan fingerprint density at radius 3 is 2.57 bits per heavy atom. The second-order valence-electron chi connectivity index (χ2n) is 3.21. The number of rotatable bonds is 5. The number of hydrogen-bond acceptors (Lipinski definition) is 2. The molecule has 1 nitrogen and oxygen atoms in total. The molecule has 0 atom stereocenters. The van der Waals surface area contributed by atoms with Crippen molar-refractivity contribution in [2.75, 3.05) is 6.61 Å². The van der Waals surface area contributed by atoms with Crippen LogP contribution in [-0.2, 0) is 4.74 Å². The van der Waals surface area contributed by atoms with Crippen molar-refractivity contribution < 1.29 is 4.74 Å². The van der Waals surface area contributed by atoms with E-state index in [1.807, 2.05) is 30.3 Å². The molecule has 0 saturated carbocycles. The van der Waals surface area contributed by atoms with Crippen molar-refractivity contribution in [2.24, 2.45) is 0 Å². The Bertz CT molecular complexity index is 269. The fraction of sp³-hybridized carbons (Fsp3) is 0.417. The maximum atomic E-state index is 5.46. The summed E-state index contributed by atoms with van der Waals surface area (Å²) in [5.41, 5.74) is 0.999. The van der Waals surface area contributed by atoms with Gasteiger partial charge in [0.15, 0.2) is 5.05 Å². The zero-order chi connectivity index (χ0) is 10.2. The Balaban J connectivity index is 2.29. The van der Waals surface area contributed by atoms with Crippen molar-refractivity contribution in [1.82, 2.24) is 0 Å². The summed E-state index contributed by atoms with van der Waals surface area (Å²) in [6.07, 6.45) is 3.50. The van der Waals surface area contributed by atoms with Crippen LogP contribution in [0, 0.1) is 0 Å². The molecule has 0 aromatic heterocycles. The third-order valence-corrected chi connectivity index (χ3v) is 2.34. The van der Waals surface area contributed by atoms with Gasteiger partial charge in [0, 0.05) is 5.56 Å². The molecule has 0 aliphatic carbocycles. The molecular formula is C12H16OS. The Morgan fingerprint density at radius 1 is 1.21 bits per heavy atom. The first kappa shape index (κ1) is 11.2. The van der Waals surface area contributed by atoms with Gasteiger partial charge in [0.25, 0.3) is 0 Å². The Labute approximate surface area is 91.1 Å². The van der Waals surface area contributed by atoms with E-state index >= 15 is 0 Å². The summed E-state index contributed by atoms with van der Waals surface area (Å²) in [6.45, 7) is 2.91. The van der Waals surface area contributed by atoms with Crippen LogP contribution in [-0.4, -0.2) is 11.7 Å². The van der Waals surface area contributed by atoms with Crippen molar-refractivity contribution in [3.8, 4) is 0 Å². The molecule has 1 rings (SSSR count). The Hall–Kier alpha value is -0.890. The molecule has 0 spiro atoms. The second-order valence-corrected chi connectivity index (χ2v) is 3.58. The molecular weight excluding hydrogens is 192 g/mol. The molecule has 2 heteroatoms. The summed E-state index contributed by atoms with van der Waals surface area (Å²) >= 11 is 5.15. The molecule has 1 aromatic rings. The first-order valence-corrected chi connectivity index (χ1v) is 5.47. The monoisotopic (exact) mass is 208 g/mol. The van der Waals surface area contributed by atoms with Crippen LogP contribution in [0.4, 0.5) is 0 Å². The normalized spacial score (nSPS) is 9.79. The molecule has 0 radical (unpaired) electrons. The largest absolute Gasteiger partial charge is 0.483 e. The van der Waals surface area contributed by atoms with Gasteiger partial charge in [0.05, 0.1) is 6.61 Å². The molecule has 1 aromatic carbocycles. The lowest BCUT2D eigenvalue weighted by molar-refractivity contribution is 0.302. The van der Waals surface area contributed by atoms with Gasteiger partial charge in [-0.15, -0.1) is 0 Å². The molecule has 14 heavy (non-hydrogen) atoms. The van der Waals surface area contributed by atoms with E-state index in [9.17, 15) is 0 Å². The van der Waals surface area contributed by atoms with Crippen LogP contribution < -0.4 is 0 Å². The predicted molar refractivity (Wildman–Crippen MR) is 63.6 cm³/mol. The van der Waals surface area contributed by atoms with E-state index in [-0.39, 0.29) is 0 Å². The quantitative estimate of drug-likeness (QED) is 0.540. The van der Waals surface area contributed by atoms with E-state index in [1.54, 1.807) is 0 Å². The lowest BCUT2D eigenvalue weighted by Gasteiger charge is -2.06. The zero-order valence-corrected chi connectivity index (χ0v) is 9.35. The van der Waals surface area contributed by atoms with Crippen LogP contribution in [0.15, 0.2) is 30.3 Å². The van der Waals surface area contributed by atoms with E-state index < -0.39 is 0 Å². The second kappa shape index (κ2) is 6.55. The van der Waals surface area contributed by atoms with Crippen molar-refractivity contribution in [1.29, 1.82) is 0 Å². The molecule has 0 heterocycles. The summed E-state index contributed by atoms with van der Waals surface area (Å²) in [5, 5.41) is 0.613. The lowest BCUT2D eigenvalue weighted by atomic mass is 10.2. The molecule has 0 saturated heterocycles. The average molecular weight is 208 g/mol. The fourth-order valence-electron chi connectivity index (χ4n) is 1.17. The lowest BCUT2D eigenvalue weighted by Crippen LogP contribution is -2.04. The highest BCUT2D eigenvalue weighted by molar-refractivity contribution is 7.80. The van der Waals surface area contributed by atoms with E-state index in [2.05, 4.69) is 6.92 Å². The third kappa shape index (κ3) is 3.88. The van der Waals surface area contributed by atoms with Crippen molar-refractivity contribution >= 4 is 17.3 Å². The maximum absolute atomic E-state index is 5.46. The highest BCUT2D eigenvalue weighted by Gasteiger charge is 1.99. The maximum Gasteiger partial charge on any atom is 0.191 e.